The molecule has 0 bridgehead atoms. The Morgan fingerprint density at radius 1 is 1.16 bits per heavy atom. The minimum Gasteiger partial charge on any atom is -0.317 e. The molecule has 4 nitrogen and oxygen atoms in total. The zero-order chi connectivity index (χ0) is 14.0. The Labute approximate surface area is 135 Å². The summed E-state index contributed by atoms with van der Waals surface area (Å²) < 4.78 is 1.43. The number of hydrogen-bond donors (Lipinski definition) is 1. The summed E-state index contributed by atoms with van der Waals surface area (Å²) in [6.07, 6.45) is 1.22. The molecular formula is C11H5Br2Cl2N3O. The predicted octanol–water partition coefficient (Wildman–Crippen LogP) is 4.56. The standard InChI is InChI=1S/C11H5Br2Cl2N3O/c12-5-1-2-7(13)6(3-5)11(19)18-8-9(14)16-4-17-10(8)15/h1-4H,(H,18,19). The molecule has 1 aromatic heterocycles. The summed E-state index contributed by atoms with van der Waals surface area (Å²) in [6, 6.07) is 5.24. The van der Waals surface area contributed by atoms with Crippen LogP contribution >= 0.6 is 55.1 Å². The minimum absolute atomic E-state index is 0.0828. The molecule has 0 saturated carbocycles. The molecule has 1 heterocycles. The summed E-state index contributed by atoms with van der Waals surface area (Å²) in [5.74, 6) is -0.369. The molecule has 0 saturated heterocycles. The second-order valence-corrected chi connectivity index (χ2v) is 5.89. The molecular weight excluding hydrogens is 421 g/mol. The lowest BCUT2D eigenvalue weighted by atomic mass is 10.2. The maximum Gasteiger partial charge on any atom is 0.257 e. The van der Waals surface area contributed by atoms with Crippen LogP contribution in [0.3, 0.4) is 0 Å². The average molecular weight is 426 g/mol. The molecule has 0 aliphatic rings. The van der Waals surface area contributed by atoms with Gasteiger partial charge in [0.05, 0.1) is 5.56 Å². The van der Waals surface area contributed by atoms with Crippen molar-refractivity contribution in [3.05, 3.63) is 49.3 Å². The van der Waals surface area contributed by atoms with E-state index in [4.69, 9.17) is 23.2 Å². The van der Waals surface area contributed by atoms with Gasteiger partial charge in [-0.25, -0.2) is 9.97 Å². The Balaban J connectivity index is 2.34. The second-order valence-electron chi connectivity index (χ2n) is 3.41. The fraction of sp³-hybridized carbons (Fsp3) is 0. The van der Waals surface area contributed by atoms with Crippen molar-refractivity contribution >= 4 is 66.7 Å². The Morgan fingerprint density at radius 2 is 1.79 bits per heavy atom. The summed E-state index contributed by atoms with van der Waals surface area (Å²) in [5, 5.41) is 2.75. The molecule has 0 spiro atoms. The van der Waals surface area contributed by atoms with E-state index in [1.165, 1.54) is 6.33 Å². The fourth-order valence-corrected chi connectivity index (χ4v) is 2.50. The topological polar surface area (TPSA) is 54.9 Å². The lowest BCUT2D eigenvalue weighted by Crippen LogP contribution is -2.14. The molecule has 19 heavy (non-hydrogen) atoms. The third-order valence-electron chi connectivity index (χ3n) is 2.17. The summed E-state index contributed by atoms with van der Waals surface area (Å²) in [7, 11) is 0. The number of nitrogens with zero attached hydrogens (tertiary/aromatic N) is 2. The van der Waals surface area contributed by atoms with Crippen molar-refractivity contribution in [2.75, 3.05) is 5.32 Å². The van der Waals surface area contributed by atoms with Crippen LogP contribution in [0.4, 0.5) is 5.69 Å². The molecule has 8 heteroatoms. The van der Waals surface area contributed by atoms with Crippen LogP contribution in [0.15, 0.2) is 33.5 Å². The van der Waals surface area contributed by atoms with Crippen molar-refractivity contribution in [1.82, 2.24) is 9.97 Å². The quantitative estimate of drug-likeness (QED) is 0.717. The number of nitrogens with one attached hydrogen (secondary N) is 1. The van der Waals surface area contributed by atoms with Gasteiger partial charge < -0.3 is 5.32 Å². The number of aromatic nitrogens is 2. The van der Waals surface area contributed by atoms with E-state index in [0.717, 1.165) is 4.47 Å². The van der Waals surface area contributed by atoms with Crippen molar-refractivity contribution in [1.29, 1.82) is 0 Å². The second kappa shape index (κ2) is 6.17. The molecule has 0 unspecified atom stereocenters. The highest BCUT2D eigenvalue weighted by Crippen LogP contribution is 2.28. The smallest absolute Gasteiger partial charge is 0.257 e. The van der Waals surface area contributed by atoms with Gasteiger partial charge in [0, 0.05) is 8.95 Å². The number of anilines is 1. The van der Waals surface area contributed by atoms with Crippen LogP contribution in [0.1, 0.15) is 10.4 Å². The molecule has 0 radical (unpaired) electrons. The molecule has 1 amide bonds. The molecule has 0 atom stereocenters. The summed E-state index contributed by atoms with van der Waals surface area (Å²) in [6.45, 7) is 0. The lowest BCUT2D eigenvalue weighted by molar-refractivity contribution is 0.102. The van der Waals surface area contributed by atoms with Gasteiger partial charge in [-0.2, -0.15) is 0 Å². The van der Waals surface area contributed by atoms with E-state index in [-0.39, 0.29) is 21.9 Å². The first kappa shape index (κ1) is 14.7. The number of carbonyl (C=O) groups excluding carboxylic acids is 1. The van der Waals surface area contributed by atoms with Crippen LogP contribution in [0.5, 0.6) is 0 Å². The van der Waals surface area contributed by atoms with Crippen molar-refractivity contribution in [2.24, 2.45) is 0 Å². The van der Waals surface area contributed by atoms with Gasteiger partial charge in [-0.05, 0) is 34.1 Å². The molecule has 98 valence electrons. The highest BCUT2D eigenvalue weighted by Gasteiger charge is 2.15. The fourth-order valence-electron chi connectivity index (χ4n) is 1.30. The molecule has 2 rings (SSSR count). The van der Waals surface area contributed by atoms with Gasteiger partial charge in [0.25, 0.3) is 5.91 Å². The number of rotatable bonds is 2. The summed E-state index contributed by atoms with van der Waals surface area (Å²) in [5.41, 5.74) is 0.619. The third kappa shape index (κ3) is 3.45. The van der Waals surface area contributed by atoms with Gasteiger partial charge >= 0.3 is 0 Å². The van der Waals surface area contributed by atoms with Crippen molar-refractivity contribution in [3.63, 3.8) is 0 Å². The van der Waals surface area contributed by atoms with Gasteiger partial charge in [0.15, 0.2) is 10.3 Å². The van der Waals surface area contributed by atoms with E-state index in [2.05, 4.69) is 47.1 Å². The Hall–Kier alpha value is -0.690. The largest absolute Gasteiger partial charge is 0.317 e. The molecule has 2 aromatic rings. The Kier molecular flexibility index (Phi) is 4.78. The van der Waals surface area contributed by atoms with Crippen molar-refractivity contribution < 1.29 is 4.79 Å². The number of halogens is 4. The van der Waals surface area contributed by atoms with Gasteiger partial charge in [-0.3, -0.25) is 4.79 Å². The monoisotopic (exact) mass is 423 g/mol. The normalized spacial score (nSPS) is 10.3. The maximum absolute atomic E-state index is 12.2. The first-order chi connectivity index (χ1) is 8.99. The number of hydrogen-bond acceptors (Lipinski definition) is 3. The number of benzene rings is 1. The van der Waals surface area contributed by atoms with Crippen LogP contribution in [0.2, 0.25) is 10.3 Å². The summed E-state index contributed by atoms with van der Waals surface area (Å²) in [4.78, 5) is 19.7. The SMILES string of the molecule is O=C(Nc1c(Cl)ncnc1Cl)c1cc(Br)ccc1Br. The van der Waals surface area contributed by atoms with E-state index in [1.807, 2.05) is 6.07 Å². The first-order valence-electron chi connectivity index (χ1n) is 4.91. The molecule has 1 N–H and O–H groups in total. The van der Waals surface area contributed by atoms with Crippen LogP contribution in [-0.4, -0.2) is 15.9 Å². The zero-order valence-corrected chi connectivity index (χ0v) is 13.8. The number of amides is 1. The number of carbonyl (C=O) groups is 1. The molecule has 0 aliphatic carbocycles. The van der Waals surface area contributed by atoms with Crippen LogP contribution < -0.4 is 5.32 Å². The predicted molar refractivity (Wildman–Crippen MR) is 81.8 cm³/mol. The third-order valence-corrected chi connectivity index (χ3v) is 3.92. The van der Waals surface area contributed by atoms with Gasteiger partial charge in [0.1, 0.15) is 12.0 Å². The lowest BCUT2D eigenvalue weighted by Gasteiger charge is -2.09. The highest BCUT2D eigenvalue weighted by atomic mass is 79.9. The first-order valence-corrected chi connectivity index (χ1v) is 7.25. The highest BCUT2D eigenvalue weighted by molar-refractivity contribution is 9.11. The van der Waals surface area contributed by atoms with E-state index in [9.17, 15) is 4.79 Å². The van der Waals surface area contributed by atoms with Crippen LogP contribution in [-0.2, 0) is 0 Å². The van der Waals surface area contributed by atoms with E-state index in [1.54, 1.807) is 12.1 Å². The summed E-state index contributed by atoms with van der Waals surface area (Å²) >= 11 is 18.3. The van der Waals surface area contributed by atoms with E-state index >= 15 is 0 Å². The Morgan fingerprint density at radius 3 is 2.42 bits per heavy atom. The van der Waals surface area contributed by atoms with Crippen molar-refractivity contribution in [2.45, 2.75) is 0 Å². The average Bonchev–Trinajstić information content (AvgIpc) is 2.37. The molecule has 0 fully saturated rings. The van der Waals surface area contributed by atoms with Gasteiger partial charge in [-0.15, -0.1) is 0 Å². The molecule has 0 aliphatic heterocycles. The zero-order valence-electron chi connectivity index (χ0n) is 9.12. The van der Waals surface area contributed by atoms with Gasteiger partial charge in [-0.1, -0.05) is 39.1 Å². The van der Waals surface area contributed by atoms with Crippen molar-refractivity contribution in [3.8, 4) is 0 Å². The van der Waals surface area contributed by atoms with Crippen LogP contribution in [0, 0.1) is 0 Å². The maximum atomic E-state index is 12.2. The molecule has 1 aromatic carbocycles. The Bertz CT molecular complexity index is 632. The van der Waals surface area contributed by atoms with Gasteiger partial charge in [0.2, 0.25) is 0 Å². The van der Waals surface area contributed by atoms with E-state index in [0.29, 0.717) is 10.0 Å². The van der Waals surface area contributed by atoms with E-state index < -0.39 is 0 Å². The minimum atomic E-state index is -0.369. The van der Waals surface area contributed by atoms with Crippen LogP contribution in [0.25, 0.3) is 0 Å².